The Morgan fingerprint density at radius 3 is 2.42 bits per heavy atom. The second-order valence-electron chi connectivity index (χ2n) is 7.98. The summed E-state index contributed by atoms with van der Waals surface area (Å²) in [6.07, 6.45) is 1.78. The molecule has 0 unspecified atom stereocenters. The lowest BCUT2D eigenvalue weighted by atomic mass is 10.1. The summed E-state index contributed by atoms with van der Waals surface area (Å²) in [7, 11) is 4.40. The molecule has 0 bridgehead atoms. The molecule has 4 rings (SSSR count). The molecule has 3 aromatic carbocycles. The molecular formula is C28H25BrN2O6S. The van der Waals surface area contributed by atoms with Crippen LogP contribution >= 0.6 is 27.7 Å². The Balaban J connectivity index is 1.66. The summed E-state index contributed by atoms with van der Waals surface area (Å²) in [5.41, 5.74) is 2.40. The number of carbonyl (C=O) groups is 2. The molecule has 38 heavy (non-hydrogen) atoms. The molecule has 1 amide bonds. The van der Waals surface area contributed by atoms with E-state index in [2.05, 4.69) is 20.7 Å². The summed E-state index contributed by atoms with van der Waals surface area (Å²) in [5, 5.41) is 0.576. The number of amides is 1. The molecule has 0 saturated carbocycles. The number of benzene rings is 3. The summed E-state index contributed by atoms with van der Waals surface area (Å²) in [6, 6.07) is 20.6. The van der Waals surface area contributed by atoms with E-state index >= 15 is 0 Å². The molecule has 0 atom stereocenters. The summed E-state index contributed by atoms with van der Waals surface area (Å²) >= 11 is 4.78. The lowest BCUT2D eigenvalue weighted by molar-refractivity contribution is -0.143. The average Bonchev–Trinajstić information content (AvgIpc) is 3.21. The fourth-order valence-corrected chi connectivity index (χ4v) is 5.13. The number of thioether (sulfide) groups is 1. The second-order valence-corrected chi connectivity index (χ2v) is 9.84. The number of aliphatic imine (C=N–C) groups is 1. The van der Waals surface area contributed by atoms with Gasteiger partial charge in [0.25, 0.3) is 5.91 Å². The van der Waals surface area contributed by atoms with Gasteiger partial charge in [-0.05, 0) is 81.3 Å². The predicted molar refractivity (Wildman–Crippen MR) is 151 cm³/mol. The molecule has 0 radical (unpaired) electrons. The van der Waals surface area contributed by atoms with E-state index in [9.17, 15) is 9.59 Å². The molecule has 1 heterocycles. The van der Waals surface area contributed by atoms with Gasteiger partial charge in [0, 0.05) is 0 Å². The number of halogens is 1. The van der Waals surface area contributed by atoms with Crippen molar-refractivity contribution >= 4 is 56.5 Å². The van der Waals surface area contributed by atoms with Crippen LogP contribution in [0.3, 0.4) is 0 Å². The van der Waals surface area contributed by atoms with Crippen molar-refractivity contribution in [1.29, 1.82) is 0 Å². The highest BCUT2D eigenvalue weighted by atomic mass is 79.9. The van der Waals surface area contributed by atoms with Gasteiger partial charge in [-0.3, -0.25) is 9.69 Å². The Kier molecular flexibility index (Phi) is 9.09. The maximum Gasteiger partial charge on any atom is 0.343 e. The number of nitrogens with zero attached hydrogens (tertiary/aromatic N) is 2. The van der Waals surface area contributed by atoms with E-state index in [4.69, 9.17) is 19.2 Å². The zero-order chi connectivity index (χ0) is 27.1. The lowest BCUT2D eigenvalue weighted by Gasteiger charge is -2.16. The van der Waals surface area contributed by atoms with Crippen molar-refractivity contribution in [3.8, 4) is 17.2 Å². The van der Waals surface area contributed by atoms with Crippen LogP contribution in [0.25, 0.3) is 6.08 Å². The van der Waals surface area contributed by atoms with Crippen LogP contribution in [0.1, 0.15) is 11.1 Å². The molecule has 1 fully saturated rings. The summed E-state index contributed by atoms with van der Waals surface area (Å²) in [4.78, 5) is 32.0. The van der Waals surface area contributed by atoms with Crippen molar-refractivity contribution in [2.45, 2.75) is 6.54 Å². The van der Waals surface area contributed by atoms with Crippen molar-refractivity contribution in [3.63, 3.8) is 0 Å². The third kappa shape index (κ3) is 6.56. The van der Waals surface area contributed by atoms with Gasteiger partial charge in [-0.1, -0.05) is 30.3 Å². The number of hydrogen-bond donors (Lipinski definition) is 0. The fourth-order valence-electron chi connectivity index (χ4n) is 3.56. The minimum atomic E-state index is -0.514. The largest absolute Gasteiger partial charge is 0.497 e. The van der Waals surface area contributed by atoms with E-state index in [0.717, 1.165) is 17.0 Å². The minimum Gasteiger partial charge on any atom is -0.497 e. The Morgan fingerprint density at radius 1 is 1.03 bits per heavy atom. The zero-order valence-corrected chi connectivity index (χ0v) is 23.4. The monoisotopic (exact) mass is 596 g/mol. The van der Waals surface area contributed by atoms with Crippen LogP contribution in [-0.2, 0) is 20.9 Å². The molecule has 10 heteroatoms. The Hall–Kier alpha value is -3.76. The number of ether oxygens (including phenoxy) is 4. The van der Waals surface area contributed by atoms with Gasteiger partial charge in [0.2, 0.25) is 0 Å². The van der Waals surface area contributed by atoms with E-state index in [0.29, 0.717) is 38.2 Å². The topological polar surface area (TPSA) is 86.7 Å². The van der Waals surface area contributed by atoms with Crippen molar-refractivity contribution in [2.75, 3.05) is 27.9 Å². The van der Waals surface area contributed by atoms with Gasteiger partial charge in [0.05, 0.1) is 42.9 Å². The van der Waals surface area contributed by atoms with Crippen LogP contribution in [0.4, 0.5) is 5.69 Å². The van der Waals surface area contributed by atoms with Gasteiger partial charge in [-0.25, -0.2) is 9.79 Å². The van der Waals surface area contributed by atoms with Gasteiger partial charge in [-0.2, -0.15) is 0 Å². The second kappa shape index (κ2) is 12.7. The first-order valence-corrected chi connectivity index (χ1v) is 13.1. The summed E-state index contributed by atoms with van der Waals surface area (Å²) in [6.45, 7) is 0.0893. The maximum absolute atomic E-state index is 13.6. The third-order valence-corrected chi connectivity index (χ3v) is 7.08. The third-order valence-electron chi connectivity index (χ3n) is 5.48. The van der Waals surface area contributed by atoms with Gasteiger partial charge >= 0.3 is 5.97 Å². The first-order chi connectivity index (χ1) is 18.4. The molecule has 0 spiro atoms. The van der Waals surface area contributed by atoms with Crippen molar-refractivity contribution < 1.29 is 28.5 Å². The van der Waals surface area contributed by atoms with Gasteiger partial charge in [0.15, 0.2) is 23.3 Å². The molecule has 3 aromatic rings. The molecule has 196 valence electrons. The average molecular weight is 597 g/mol. The predicted octanol–water partition coefficient (Wildman–Crippen LogP) is 5.82. The Labute approximate surface area is 233 Å². The molecular weight excluding hydrogens is 572 g/mol. The number of para-hydroxylation sites is 1. The lowest BCUT2D eigenvalue weighted by Crippen LogP contribution is -2.28. The molecule has 1 aliphatic rings. The molecule has 1 aliphatic heterocycles. The van der Waals surface area contributed by atoms with Crippen LogP contribution in [0.15, 0.2) is 81.1 Å². The molecule has 1 saturated heterocycles. The maximum atomic E-state index is 13.6. The molecule has 0 aromatic heterocycles. The number of methoxy groups -OCH3 is 3. The fraction of sp³-hybridized carbons (Fsp3) is 0.179. The number of amidine groups is 1. The number of rotatable bonds is 9. The van der Waals surface area contributed by atoms with Gasteiger partial charge in [-0.15, -0.1) is 0 Å². The molecule has 0 N–H and O–H groups in total. The SMILES string of the molecule is COC(=O)COc1c(Br)cc(/C=C2\SC(=Nc3ccccc3)N(Cc3ccc(OC)cc3)C2=O)cc1OC. The number of hydrogen-bond acceptors (Lipinski definition) is 8. The van der Waals surface area contributed by atoms with E-state index in [1.165, 1.54) is 26.0 Å². The highest BCUT2D eigenvalue weighted by Crippen LogP contribution is 2.40. The van der Waals surface area contributed by atoms with Gasteiger partial charge < -0.3 is 18.9 Å². The van der Waals surface area contributed by atoms with Crippen molar-refractivity contribution in [2.24, 2.45) is 4.99 Å². The van der Waals surface area contributed by atoms with Crippen LogP contribution in [0.2, 0.25) is 0 Å². The highest BCUT2D eigenvalue weighted by Gasteiger charge is 2.33. The van der Waals surface area contributed by atoms with Gasteiger partial charge in [0.1, 0.15) is 5.75 Å². The van der Waals surface area contributed by atoms with E-state index in [-0.39, 0.29) is 12.5 Å². The smallest absolute Gasteiger partial charge is 0.343 e. The van der Waals surface area contributed by atoms with Crippen LogP contribution in [0.5, 0.6) is 17.2 Å². The van der Waals surface area contributed by atoms with E-state index in [1.807, 2.05) is 54.6 Å². The van der Waals surface area contributed by atoms with Crippen LogP contribution in [0, 0.1) is 0 Å². The van der Waals surface area contributed by atoms with Crippen LogP contribution in [-0.4, -0.2) is 49.9 Å². The first kappa shape index (κ1) is 27.3. The quantitative estimate of drug-likeness (QED) is 0.227. The number of carbonyl (C=O) groups excluding carboxylic acids is 2. The standard InChI is InChI=1S/C28H25BrN2O6S/c1-34-21-11-9-18(10-12-21)16-31-27(33)24(38-28(31)30-20-7-5-4-6-8-20)15-19-13-22(29)26(23(14-19)35-2)37-17-25(32)36-3/h4-15H,16-17H2,1-3H3/b24-15-,30-28?. The summed E-state index contributed by atoms with van der Waals surface area (Å²) < 4.78 is 21.5. The summed E-state index contributed by atoms with van der Waals surface area (Å²) in [5.74, 6) is 0.826. The molecule has 8 nitrogen and oxygen atoms in total. The highest BCUT2D eigenvalue weighted by molar-refractivity contribution is 9.10. The Morgan fingerprint density at radius 2 is 1.76 bits per heavy atom. The van der Waals surface area contributed by atoms with Crippen molar-refractivity contribution in [3.05, 3.63) is 87.2 Å². The van der Waals surface area contributed by atoms with Crippen LogP contribution < -0.4 is 14.2 Å². The first-order valence-electron chi connectivity index (χ1n) is 11.5. The minimum absolute atomic E-state index is 0.165. The van der Waals surface area contributed by atoms with Crippen molar-refractivity contribution in [1.82, 2.24) is 4.90 Å². The Bertz CT molecular complexity index is 1380. The normalized spacial score (nSPS) is 15.2. The molecule has 0 aliphatic carbocycles. The number of esters is 1. The van der Waals surface area contributed by atoms with E-state index in [1.54, 1.807) is 30.2 Å². The van der Waals surface area contributed by atoms with E-state index < -0.39 is 5.97 Å². The zero-order valence-electron chi connectivity index (χ0n) is 21.0.